The Balaban J connectivity index is 1.42. The third-order valence-corrected chi connectivity index (χ3v) is 6.27. The summed E-state index contributed by atoms with van der Waals surface area (Å²) in [6.45, 7) is 1.98. The van der Waals surface area contributed by atoms with Gasteiger partial charge in [0.1, 0.15) is 5.52 Å². The average Bonchev–Trinajstić information content (AvgIpc) is 3.15. The topological polar surface area (TPSA) is 60.0 Å². The zero-order chi connectivity index (χ0) is 17.0. The van der Waals surface area contributed by atoms with E-state index in [-0.39, 0.29) is 11.5 Å². The summed E-state index contributed by atoms with van der Waals surface area (Å²) in [7, 11) is 2.03. The molecule has 2 N–H and O–H groups in total. The highest BCUT2D eigenvalue weighted by Gasteiger charge is 2.46. The van der Waals surface area contributed by atoms with Crippen LogP contribution in [0.25, 0.3) is 11.0 Å². The Morgan fingerprint density at radius 1 is 1.12 bits per heavy atom. The molecule has 1 aliphatic carbocycles. The Bertz CT molecular complexity index is 936. The molecule has 5 heteroatoms. The molecular weight excluding hydrogens is 310 g/mol. The number of hydrogen-bond acceptors (Lipinski definition) is 4. The number of hydrogen-bond donors (Lipinski definition) is 1. The number of anilines is 1. The van der Waals surface area contributed by atoms with Gasteiger partial charge >= 0.3 is 0 Å². The van der Waals surface area contributed by atoms with Crippen LogP contribution >= 0.6 is 0 Å². The maximum Gasteiger partial charge on any atom is 0.156 e. The molecule has 0 unspecified atom stereocenters. The minimum atomic E-state index is 0.157. The number of imidazole rings is 1. The lowest BCUT2D eigenvalue weighted by Crippen LogP contribution is -2.44. The fourth-order valence-corrected chi connectivity index (χ4v) is 4.75. The molecule has 128 valence electrons. The van der Waals surface area contributed by atoms with E-state index in [0.29, 0.717) is 0 Å². The van der Waals surface area contributed by atoms with E-state index in [0.717, 1.165) is 49.2 Å². The van der Waals surface area contributed by atoms with E-state index in [4.69, 9.17) is 5.73 Å². The first kappa shape index (κ1) is 14.9. The highest BCUT2D eigenvalue weighted by atomic mass is 15.2. The molecule has 1 aliphatic heterocycles. The van der Waals surface area contributed by atoms with Gasteiger partial charge in [-0.15, -0.1) is 0 Å². The maximum absolute atomic E-state index is 6.68. The normalized spacial score (nSPS) is 21.8. The lowest BCUT2D eigenvalue weighted by Gasteiger charge is -2.42. The van der Waals surface area contributed by atoms with Crippen LogP contribution in [0.3, 0.4) is 0 Å². The quantitative estimate of drug-likeness (QED) is 0.744. The number of piperidine rings is 1. The number of aromatic nitrogens is 3. The molecule has 5 rings (SSSR count). The molecule has 1 spiro atoms. The lowest BCUT2D eigenvalue weighted by atomic mass is 9.73. The van der Waals surface area contributed by atoms with Crippen molar-refractivity contribution in [2.45, 2.75) is 25.3 Å². The Labute approximate surface area is 147 Å². The van der Waals surface area contributed by atoms with Crippen LogP contribution in [0, 0.1) is 5.41 Å². The molecule has 1 aromatic carbocycles. The predicted octanol–water partition coefficient (Wildman–Crippen LogP) is 2.81. The molecule has 0 bridgehead atoms. The highest BCUT2D eigenvalue weighted by molar-refractivity contribution is 5.86. The van der Waals surface area contributed by atoms with E-state index in [1.807, 2.05) is 25.6 Å². The summed E-state index contributed by atoms with van der Waals surface area (Å²) >= 11 is 0. The third kappa shape index (κ3) is 2.12. The van der Waals surface area contributed by atoms with E-state index < -0.39 is 0 Å². The van der Waals surface area contributed by atoms with E-state index in [9.17, 15) is 0 Å². The molecule has 5 nitrogen and oxygen atoms in total. The maximum atomic E-state index is 6.68. The number of benzene rings is 1. The van der Waals surface area contributed by atoms with Crippen LogP contribution in [0.1, 0.15) is 30.0 Å². The summed E-state index contributed by atoms with van der Waals surface area (Å²) in [6.07, 6.45) is 7.08. The third-order valence-electron chi connectivity index (χ3n) is 6.27. The second-order valence-corrected chi connectivity index (χ2v) is 7.56. The minimum absolute atomic E-state index is 0.157. The summed E-state index contributed by atoms with van der Waals surface area (Å²) in [4.78, 5) is 11.6. The summed E-state index contributed by atoms with van der Waals surface area (Å²) in [5, 5.41) is 0. The van der Waals surface area contributed by atoms with E-state index in [1.165, 1.54) is 11.1 Å². The monoisotopic (exact) mass is 333 g/mol. The Kier molecular flexibility index (Phi) is 3.16. The Morgan fingerprint density at radius 2 is 1.92 bits per heavy atom. The van der Waals surface area contributed by atoms with Crippen molar-refractivity contribution in [1.29, 1.82) is 0 Å². The van der Waals surface area contributed by atoms with Gasteiger partial charge in [0.25, 0.3) is 0 Å². The molecule has 0 radical (unpaired) electrons. The van der Waals surface area contributed by atoms with Gasteiger partial charge < -0.3 is 15.2 Å². The number of aryl methyl sites for hydroxylation is 1. The first-order valence-electron chi connectivity index (χ1n) is 9.02. The smallest absolute Gasteiger partial charge is 0.156 e. The predicted molar refractivity (Wildman–Crippen MR) is 99.5 cm³/mol. The van der Waals surface area contributed by atoms with Gasteiger partial charge in [-0.2, -0.15) is 0 Å². The van der Waals surface area contributed by atoms with Crippen molar-refractivity contribution in [2.75, 3.05) is 18.0 Å². The molecule has 0 amide bonds. The van der Waals surface area contributed by atoms with E-state index >= 15 is 0 Å². The zero-order valence-electron chi connectivity index (χ0n) is 14.5. The molecule has 3 heterocycles. The zero-order valence-corrected chi connectivity index (χ0v) is 14.5. The summed E-state index contributed by atoms with van der Waals surface area (Å²) in [6, 6.07) is 10.9. The van der Waals surface area contributed by atoms with Gasteiger partial charge in [-0.25, -0.2) is 9.97 Å². The molecule has 1 saturated heterocycles. The van der Waals surface area contributed by atoms with Crippen molar-refractivity contribution >= 4 is 16.9 Å². The largest absolute Gasteiger partial charge is 0.355 e. The lowest BCUT2D eigenvalue weighted by molar-refractivity contribution is 0.187. The van der Waals surface area contributed by atoms with Crippen molar-refractivity contribution in [1.82, 2.24) is 14.5 Å². The van der Waals surface area contributed by atoms with Gasteiger partial charge in [0.05, 0.1) is 11.8 Å². The van der Waals surface area contributed by atoms with Crippen LogP contribution in [0.5, 0.6) is 0 Å². The van der Waals surface area contributed by atoms with E-state index in [2.05, 4.69) is 43.7 Å². The van der Waals surface area contributed by atoms with Crippen LogP contribution in [0.15, 0.2) is 42.9 Å². The number of rotatable bonds is 1. The molecular formula is C20H23N5. The van der Waals surface area contributed by atoms with Crippen molar-refractivity contribution in [3.63, 3.8) is 0 Å². The number of nitrogens with zero attached hydrogens (tertiary/aromatic N) is 4. The van der Waals surface area contributed by atoms with E-state index in [1.54, 1.807) is 0 Å². The van der Waals surface area contributed by atoms with Gasteiger partial charge in [0.2, 0.25) is 0 Å². The number of fused-ring (bicyclic) bond motifs is 2. The van der Waals surface area contributed by atoms with Crippen LogP contribution in [-0.2, 0) is 13.5 Å². The van der Waals surface area contributed by atoms with Crippen LogP contribution in [0.2, 0.25) is 0 Å². The standard InChI is InChI=1S/C20H23N5/c1-24-13-23-17-16(24)6-9-22-19(17)25-10-7-20(8-11-25)12-14-4-2-3-5-15(14)18(20)21/h2-6,9,13,18H,7-8,10-12,21H2,1H3/t18-/m1/s1. The van der Waals surface area contributed by atoms with Gasteiger partial charge in [0.15, 0.2) is 5.82 Å². The van der Waals surface area contributed by atoms with Gasteiger partial charge in [-0.3, -0.25) is 0 Å². The van der Waals surface area contributed by atoms with Gasteiger partial charge in [-0.05, 0) is 41.9 Å². The summed E-state index contributed by atoms with van der Waals surface area (Å²) < 4.78 is 2.05. The fourth-order valence-electron chi connectivity index (χ4n) is 4.75. The second kappa shape index (κ2) is 5.30. The molecule has 25 heavy (non-hydrogen) atoms. The van der Waals surface area contributed by atoms with Crippen molar-refractivity contribution < 1.29 is 0 Å². The summed E-state index contributed by atoms with van der Waals surface area (Å²) in [5.74, 6) is 1.01. The number of pyridine rings is 1. The second-order valence-electron chi connectivity index (χ2n) is 7.56. The highest BCUT2D eigenvalue weighted by Crippen LogP contribution is 2.51. The molecule has 3 aromatic rings. The van der Waals surface area contributed by atoms with Crippen LogP contribution in [-0.4, -0.2) is 27.6 Å². The summed E-state index contributed by atoms with van der Waals surface area (Å²) in [5.41, 5.74) is 11.8. The number of nitrogens with two attached hydrogens (primary N) is 1. The minimum Gasteiger partial charge on any atom is -0.355 e. The van der Waals surface area contributed by atoms with Crippen LogP contribution in [0.4, 0.5) is 5.82 Å². The van der Waals surface area contributed by atoms with Crippen molar-refractivity contribution in [3.05, 3.63) is 54.0 Å². The Hall–Kier alpha value is -2.40. The van der Waals surface area contributed by atoms with Gasteiger partial charge in [0, 0.05) is 32.4 Å². The molecule has 1 fully saturated rings. The van der Waals surface area contributed by atoms with Gasteiger partial charge in [-0.1, -0.05) is 24.3 Å². The molecule has 2 aliphatic rings. The first-order valence-corrected chi connectivity index (χ1v) is 9.02. The average molecular weight is 333 g/mol. The Morgan fingerprint density at radius 3 is 2.72 bits per heavy atom. The molecule has 0 saturated carbocycles. The van der Waals surface area contributed by atoms with Crippen molar-refractivity contribution in [3.8, 4) is 0 Å². The van der Waals surface area contributed by atoms with Crippen LogP contribution < -0.4 is 10.6 Å². The van der Waals surface area contributed by atoms with Crippen molar-refractivity contribution in [2.24, 2.45) is 18.2 Å². The molecule has 2 aromatic heterocycles. The fraction of sp³-hybridized carbons (Fsp3) is 0.400. The first-order chi connectivity index (χ1) is 12.2. The molecule has 1 atom stereocenters. The SMILES string of the molecule is Cn1cnc2c(N3CCC4(CC3)Cc3ccccc3[C@H]4N)nccc21.